The fourth-order valence-corrected chi connectivity index (χ4v) is 3.89. The zero-order chi connectivity index (χ0) is 12.8. The first-order valence-electron chi connectivity index (χ1n) is 5.55. The van der Waals surface area contributed by atoms with Crippen molar-refractivity contribution in [3.63, 3.8) is 0 Å². The summed E-state index contributed by atoms with van der Waals surface area (Å²) in [7, 11) is 6.39. The van der Waals surface area contributed by atoms with Gasteiger partial charge >= 0.3 is 8.80 Å². The van der Waals surface area contributed by atoms with Crippen LogP contribution in [0.4, 0.5) is 0 Å². The van der Waals surface area contributed by atoms with Crippen molar-refractivity contribution in [1.82, 2.24) is 10.2 Å². The average Bonchev–Trinajstić information content (AvgIpc) is 2.29. The van der Waals surface area contributed by atoms with Crippen LogP contribution in [0.5, 0.6) is 0 Å². The van der Waals surface area contributed by atoms with Crippen LogP contribution in [-0.2, 0) is 13.3 Å². The van der Waals surface area contributed by atoms with Crippen molar-refractivity contribution < 1.29 is 13.3 Å². The molecule has 0 radical (unpaired) electrons. The quantitative estimate of drug-likeness (QED) is 0.507. The van der Waals surface area contributed by atoms with Gasteiger partial charge in [-0.15, -0.1) is 0 Å². The second-order valence-corrected chi connectivity index (χ2v) is 7.11. The highest BCUT2D eigenvalue weighted by Crippen LogP contribution is 2.15. The number of rotatable bonds is 8. The van der Waals surface area contributed by atoms with E-state index in [0.717, 1.165) is 6.42 Å². The lowest BCUT2D eigenvalue weighted by atomic mass is 10.4. The number of hydrogen-bond donors (Lipinski definition) is 1. The molecule has 98 valence electrons. The van der Waals surface area contributed by atoms with Gasteiger partial charge in [-0.2, -0.15) is 0 Å². The van der Waals surface area contributed by atoms with Gasteiger partial charge in [0.05, 0.1) is 11.8 Å². The van der Waals surface area contributed by atoms with Gasteiger partial charge in [-0.25, -0.2) is 0 Å². The minimum Gasteiger partial charge on any atom is -0.376 e. The van der Waals surface area contributed by atoms with Gasteiger partial charge in [0.15, 0.2) is 0 Å². The topological polar surface area (TPSA) is 43.0 Å². The summed E-state index contributed by atoms with van der Waals surface area (Å²) in [5.74, 6) is 0. The van der Waals surface area contributed by atoms with Crippen molar-refractivity contribution in [2.45, 2.75) is 32.1 Å². The van der Waals surface area contributed by atoms with Crippen molar-refractivity contribution in [3.05, 3.63) is 0 Å². The summed E-state index contributed by atoms with van der Waals surface area (Å²) in [6.45, 7) is 4.20. The zero-order valence-electron chi connectivity index (χ0n) is 11.5. The molecule has 0 aromatic carbocycles. The molecular weight excluding hydrogens is 224 g/mol. The van der Waals surface area contributed by atoms with E-state index in [1.54, 1.807) is 21.3 Å². The molecule has 0 saturated carbocycles. The molecule has 0 aliphatic heterocycles. The van der Waals surface area contributed by atoms with Crippen LogP contribution in [0.3, 0.4) is 0 Å². The summed E-state index contributed by atoms with van der Waals surface area (Å²) in [6, 6.07) is 0. The van der Waals surface area contributed by atoms with Crippen molar-refractivity contribution in [1.29, 1.82) is 0 Å². The first-order chi connectivity index (χ1) is 7.47. The van der Waals surface area contributed by atoms with E-state index in [-0.39, 0.29) is 11.8 Å². The van der Waals surface area contributed by atoms with Crippen LogP contribution in [0.2, 0.25) is 0 Å². The van der Waals surface area contributed by atoms with Crippen LogP contribution in [0.1, 0.15) is 20.3 Å². The molecule has 2 atom stereocenters. The van der Waals surface area contributed by atoms with Crippen molar-refractivity contribution in [2.75, 3.05) is 35.4 Å². The predicted octanol–water partition coefficient (Wildman–Crippen LogP) is 0.680. The maximum atomic E-state index is 5.48. The Labute approximate surface area is 100 Å². The maximum absolute atomic E-state index is 5.48. The molecule has 1 N–H and O–H groups in total. The van der Waals surface area contributed by atoms with E-state index in [1.165, 1.54) is 0 Å². The van der Waals surface area contributed by atoms with Gasteiger partial charge in [0.2, 0.25) is 0 Å². The van der Waals surface area contributed by atoms with E-state index in [2.05, 4.69) is 24.1 Å². The average molecular weight is 250 g/mol. The Hall–Kier alpha value is 0.0169. The third-order valence-corrected chi connectivity index (χ3v) is 6.04. The largest absolute Gasteiger partial charge is 0.518 e. The number of hydrogen-bond acceptors (Lipinski definition) is 5. The minimum absolute atomic E-state index is 0.102. The van der Waals surface area contributed by atoms with Crippen molar-refractivity contribution in [2.24, 2.45) is 0 Å². The Kier molecular flexibility index (Phi) is 7.37. The molecule has 0 amide bonds. The van der Waals surface area contributed by atoms with Gasteiger partial charge in [-0.3, -0.25) is 10.2 Å². The van der Waals surface area contributed by atoms with Crippen molar-refractivity contribution in [3.8, 4) is 0 Å². The molecule has 0 aliphatic rings. The van der Waals surface area contributed by atoms with E-state index >= 15 is 0 Å². The number of nitrogens with one attached hydrogen (secondary N) is 1. The third-order valence-electron chi connectivity index (χ3n) is 2.91. The standard InChI is InChI=1S/C10H26N2O3Si/c1-8-10(11-9(2)12(3)4)16(13-5,14-6)15-7/h9-11H,8H2,1-7H3. The summed E-state index contributed by atoms with van der Waals surface area (Å²) in [6.07, 6.45) is 1.15. The lowest BCUT2D eigenvalue weighted by molar-refractivity contribution is 0.0981. The molecule has 0 aromatic rings. The van der Waals surface area contributed by atoms with Gasteiger partial charge in [0.25, 0.3) is 0 Å². The second-order valence-electron chi connectivity index (χ2n) is 3.98. The fraction of sp³-hybridized carbons (Fsp3) is 1.00. The molecule has 0 heterocycles. The van der Waals surface area contributed by atoms with Crippen LogP contribution < -0.4 is 5.32 Å². The van der Waals surface area contributed by atoms with Crippen LogP contribution in [0.15, 0.2) is 0 Å². The highest BCUT2D eigenvalue weighted by Gasteiger charge is 2.46. The van der Waals surface area contributed by atoms with Crippen LogP contribution >= 0.6 is 0 Å². The third kappa shape index (κ3) is 3.79. The summed E-state index contributed by atoms with van der Waals surface area (Å²) in [4.78, 5) is 2.10. The SMILES string of the molecule is CCC(NC(C)N(C)C)[Si](OC)(OC)OC. The summed E-state index contributed by atoms with van der Waals surface area (Å²) in [5.41, 5.74) is 0.102. The fourth-order valence-electron chi connectivity index (χ4n) is 1.59. The van der Waals surface area contributed by atoms with Crippen molar-refractivity contribution >= 4 is 8.80 Å². The first kappa shape index (κ1) is 16.0. The smallest absolute Gasteiger partial charge is 0.376 e. The summed E-state index contributed by atoms with van der Waals surface area (Å²) < 4.78 is 16.5. The Balaban J connectivity index is 4.67. The molecule has 2 unspecified atom stereocenters. The van der Waals surface area contributed by atoms with E-state index in [4.69, 9.17) is 13.3 Å². The molecule has 0 saturated heterocycles. The molecule has 0 aliphatic carbocycles. The van der Waals surface area contributed by atoms with E-state index in [1.807, 2.05) is 14.1 Å². The van der Waals surface area contributed by atoms with Gasteiger partial charge < -0.3 is 13.3 Å². The van der Waals surface area contributed by atoms with E-state index in [0.29, 0.717) is 0 Å². The van der Waals surface area contributed by atoms with Crippen LogP contribution in [-0.4, -0.2) is 61.0 Å². The lowest BCUT2D eigenvalue weighted by Crippen LogP contribution is -2.63. The van der Waals surface area contributed by atoms with Crippen LogP contribution in [0, 0.1) is 0 Å². The molecular formula is C10H26N2O3Si. The van der Waals surface area contributed by atoms with Gasteiger partial charge in [-0.05, 0) is 27.4 Å². The maximum Gasteiger partial charge on any atom is 0.518 e. The molecule has 5 nitrogen and oxygen atoms in total. The van der Waals surface area contributed by atoms with Gasteiger partial charge in [0, 0.05) is 21.3 Å². The van der Waals surface area contributed by atoms with E-state index in [9.17, 15) is 0 Å². The monoisotopic (exact) mass is 250 g/mol. The Bertz CT molecular complexity index is 181. The minimum atomic E-state index is -2.59. The molecule has 0 spiro atoms. The highest BCUT2D eigenvalue weighted by molar-refractivity contribution is 6.62. The van der Waals surface area contributed by atoms with E-state index < -0.39 is 8.80 Å². The molecule has 0 bridgehead atoms. The molecule has 6 heteroatoms. The Morgan fingerprint density at radius 2 is 1.56 bits per heavy atom. The lowest BCUT2D eigenvalue weighted by Gasteiger charge is -2.35. The molecule has 0 fully saturated rings. The Morgan fingerprint density at radius 3 is 1.81 bits per heavy atom. The molecule has 0 rings (SSSR count). The summed E-state index contributed by atoms with van der Waals surface area (Å²) in [5, 5.41) is 3.47. The van der Waals surface area contributed by atoms with Gasteiger partial charge in [-0.1, -0.05) is 6.92 Å². The number of nitrogens with zero attached hydrogens (tertiary/aromatic N) is 1. The summed E-state index contributed by atoms with van der Waals surface area (Å²) >= 11 is 0. The second kappa shape index (κ2) is 7.36. The molecule has 16 heavy (non-hydrogen) atoms. The molecule has 0 aromatic heterocycles. The highest BCUT2D eigenvalue weighted by atomic mass is 28.4. The normalized spacial score (nSPS) is 16.5. The first-order valence-corrected chi connectivity index (χ1v) is 7.35. The zero-order valence-corrected chi connectivity index (χ0v) is 12.5. The Morgan fingerprint density at radius 1 is 1.12 bits per heavy atom. The van der Waals surface area contributed by atoms with Crippen LogP contribution in [0.25, 0.3) is 0 Å². The predicted molar refractivity (Wildman–Crippen MR) is 67.1 cm³/mol. The van der Waals surface area contributed by atoms with Gasteiger partial charge in [0.1, 0.15) is 0 Å².